The predicted molar refractivity (Wildman–Crippen MR) is 88.7 cm³/mol. The fourth-order valence-corrected chi connectivity index (χ4v) is 5.72. The van der Waals surface area contributed by atoms with Crippen LogP contribution in [-0.2, 0) is 14.1 Å². The van der Waals surface area contributed by atoms with Crippen molar-refractivity contribution in [2.45, 2.75) is 64.1 Å². The number of carbonyl (C=O) groups excluding carboxylic acids is 1. The molecule has 5 atom stereocenters. The third-order valence-corrected chi connectivity index (χ3v) is 7.25. The van der Waals surface area contributed by atoms with Gasteiger partial charge in [-0.3, -0.25) is 4.79 Å². The van der Waals surface area contributed by atoms with E-state index in [0.717, 1.165) is 31.7 Å². The Morgan fingerprint density at radius 3 is 2.87 bits per heavy atom. The second kappa shape index (κ2) is 5.35. The van der Waals surface area contributed by atoms with Gasteiger partial charge in [-0.15, -0.1) is 0 Å². The zero-order chi connectivity index (χ0) is 16.4. The van der Waals surface area contributed by atoms with E-state index >= 15 is 0 Å². The van der Waals surface area contributed by atoms with Crippen molar-refractivity contribution in [1.29, 1.82) is 0 Å². The second-order valence-electron chi connectivity index (χ2n) is 8.44. The first-order chi connectivity index (χ1) is 10.9. The molecule has 5 aliphatic rings. The number of rotatable bonds is 3. The maximum atomic E-state index is 12.3. The fourth-order valence-electron chi connectivity index (χ4n) is 5.61. The molecule has 0 spiro atoms. The molecule has 7 heteroatoms. The van der Waals surface area contributed by atoms with E-state index in [-0.39, 0.29) is 37.2 Å². The lowest BCUT2D eigenvalue weighted by Gasteiger charge is -2.64. The molecule has 0 unspecified atom stereocenters. The van der Waals surface area contributed by atoms with E-state index in [1.807, 2.05) is 4.90 Å². The van der Waals surface area contributed by atoms with Gasteiger partial charge >= 0.3 is 7.12 Å². The summed E-state index contributed by atoms with van der Waals surface area (Å²) in [5.74, 6) is 1.35. The summed E-state index contributed by atoms with van der Waals surface area (Å²) in [4.78, 5) is 16.6. The molecule has 3 saturated carbocycles. The molecule has 0 aromatic carbocycles. The van der Waals surface area contributed by atoms with Gasteiger partial charge in [-0.25, -0.2) is 4.84 Å². The molecule has 3 aliphatic carbocycles. The Morgan fingerprint density at radius 2 is 2.17 bits per heavy atom. The summed E-state index contributed by atoms with van der Waals surface area (Å²) in [6.45, 7) is 7.87. The maximum Gasteiger partial charge on any atom is 0.481 e. The monoisotopic (exact) mass is 340 g/mol. The van der Waals surface area contributed by atoms with Gasteiger partial charge in [0, 0.05) is 6.54 Å². The van der Waals surface area contributed by atoms with Crippen LogP contribution >= 0.6 is 11.8 Å². The number of hydrogen-bond donors (Lipinski definition) is 1. The minimum Gasteiger partial charge on any atom is -0.404 e. The Hall–Kier alpha value is -0.295. The highest BCUT2D eigenvalue weighted by molar-refractivity contribution is 6.48. The number of hydrogen-bond acceptors (Lipinski definition) is 4. The molecule has 2 saturated heterocycles. The van der Waals surface area contributed by atoms with Crippen LogP contribution < -0.4 is 4.84 Å². The van der Waals surface area contributed by atoms with Gasteiger partial charge in [-0.2, -0.15) is 0 Å². The van der Waals surface area contributed by atoms with Crippen LogP contribution in [0.5, 0.6) is 0 Å². The average molecular weight is 341 g/mol. The van der Waals surface area contributed by atoms with E-state index in [0.29, 0.717) is 11.3 Å². The normalized spacial score (nSPS) is 44.2. The van der Waals surface area contributed by atoms with Crippen molar-refractivity contribution in [3.63, 3.8) is 0 Å². The van der Waals surface area contributed by atoms with Crippen LogP contribution in [-0.4, -0.2) is 48.7 Å². The van der Waals surface area contributed by atoms with Gasteiger partial charge in [0.25, 0.3) is 0 Å². The number of nitrogens with zero attached hydrogens (tertiary/aromatic N) is 1. The third kappa shape index (κ3) is 2.21. The molecular formula is C16H26BClN2O3. The smallest absolute Gasteiger partial charge is 0.404 e. The van der Waals surface area contributed by atoms with Crippen LogP contribution in [0, 0.1) is 17.3 Å². The lowest BCUT2D eigenvalue weighted by atomic mass is 9.43. The molecule has 5 fully saturated rings. The van der Waals surface area contributed by atoms with Crippen molar-refractivity contribution in [3.8, 4) is 0 Å². The predicted octanol–water partition coefficient (Wildman–Crippen LogP) is 1.99. The number of carbonyl (C=O) groups is 1. The Bertz CT molecular complexity index is 520. The fraction of sp³-hybridized carbons (Fsp3) is 0.938. The average Bonchev–Trinajstić information content (AvgIpc) is 3.09. The van der Waals surface area contributed by atoms with Gasteiger partial charge in [0.05, 0.1) is 24.2 Å². The van der Waals surface area contributed by atoms with Crippen molar-refractivity contribution in [1.82, 2.24) is 9.74 Å². The molecular weight excluding hydrogens is 314 g/mol. The van der Waals surface area contributed by atoms with Crippen molar-refractivity contribution in [3.05, 3.63) is 0 Å². The van der Waals surface area contributed by atoms with E-state index in [1.165, 1.54) is 6.42 Å². The van der Waals surface area contributed by atoms with Gasteiger partial charge in [-0.05, 0) is 61.6 Å². The van der Waals surface area contributed by atoms with Gasteiger partial charge in [0.1, 0.15) is 0 Å². The van der Waals surface area contributed by atoms with Crippen molar-refractivity contribution in [2.24, 2.45) is 17.3 Å². The second-order valence-corrected chi connectivity index (χ2v) is 8.71. The van der Waals surface area contributed by atoms with Crippen LogP contribution in [0.1, 0.15) is 46.5 Å². The Balaban J connectivity index is 1.51. The topological polar surface area (TPSA) is 50.8 Å². The highest BCUT2D eigenvalue weighted by Crippen LogP contribution is 2.65. The van der Waals surface area contributed by atoms with Gasteiger partial charge in [0.15, 0.2) is 0 Å². The lowest BCUT2D eigenvalue weighted by Crippen LogP contribution is -2.65. The molecule has 128 valence electrons. The zero-order valence-corrected chi connectivity index (χ0v) is 14.9. The summed E-state index contributed by atoms with van der Waals surface area (Å²) >= 11 is 5.50. The van der Waals surface area contributed by atoms with Crippen molar-refractivity contribution in [2.75, 3.05) is 13.1 Å². The summed E-state index contributed by atoms with van der Waals surface area (Å²) in [6.07, 6.45) is 4.45. The first-order valence-electron chi connectivity index (χ1n) is 8.84. The van der Waals surface area contributed by atoms with Crippen LogP contribution in [0.15, 0.2) is 0 Å². The third-order valence-electron chi connectivity index (χ3n) is 7.12. The largest absolute Gasteiger partial charge is 0.481 e. The summed E-state index contributed by atoms with van der Waals surface area (Å²) < 4.78 is 12.8. The van der Waals surface area contributed by atoms with E-state index < -0.39 is 0 Å². The SMILES string of the molecule is CC1(C)[C@@H]2C[C@H]3OB([C@@H]4CCCN4C(=O)CNCl)O[C@@]3(C)[C@H]1C2. The first-order valence-corrected chi connectivity index (χ1v) is 9.22. The number of halogens is 1. The number of amides is 1. The van der Waals surface area contributed by atoms with Crippen LogP contribution in [0.2, 0.25) is 0 Å². The van der Waals surface area contributed by atoms with E-state index in [9.17, 15) is 4.79 Å². The lowest BCUT2D eigenvalue weighted by molar-refractivity contribution is -0.199. The summed E-state index contributed by atoms with van der Waals surface area (Å²) in [6, 6.07) is 0. The standard InChI is InChI=1S/C16H26BClN2O3/c1-15(2)10-7-11(15)16(3)12(8-10)22-17(23-16)13-5-4-6-20(13)14(21)9-19-18/h10-13,19H,4-9H2,1-3H3/t10-,11-,12+,13-,16-/m0/s1. The number of nitrogens with one attached hydrogen (secondary N) is 1. The molecule has 5 nitrogen and oxygen atoms in total. The van der Waals surface area contributed by atoms with Gasteiger partial charge in [0.2, 0.25) is 5.91 Å². The quantitative estimate of drug-likeness (QED) is 0.630. The van der Waals surface area contributed by atoms with Crippen molar-refractivity contribution >= 4 is 24.8 Å². The summed E-state index contributed by atoms with van der Waals surface area (Å²) in [5, 5.41) is 0. The zero-order valence-electron chi connectivity index (χ0n) is 14.2. The molecule has 23 heavy (non-hydrogen) atoms. The Labute approximate surface area is 143 Å². The molecule has 0 radical (unpaired) electrons. The van der Waals surface area contributed by atoms with Crippen LogP contribution in [0.4, 0.5) is 0 Å². The maximum absolute atomic E-state index is 12.3. The van der Waals surface area contributed by atoms with Gasteiger partial charge in [-0.1, -0.05) is 13.8 Å². The Morgan fingerprint density at radius 1 is 1.39 bits per heavy atom. The molecule has 1 amide bonds. The Kier molecular flexibility index (Phi) is 3.77. The summed E-state index contributed by atoms with van der Waals surface area (Å²) in [5.41, 5.74) is 0.141. The highest BCUT2D eigenvalue weighted by Gasteiger charge is 2.68. The first kappa shape index (κ1) is 16.2. The minimum atomic E-state index is -0.290. The van der Waals surface area contributed by atoms with Crippen LogP contribution in [0.3, 0.4) is 0 Å². The molecule has 2 bridgehead atoms. The molecule has 2 heterocycles. The molecule has 0 aromatic heterocycles. The molecule has 0 aromatic rings. The van der Waals surface area contributed by atoms with E-state index in [2.05, 4.69) is 25.6 Å². The minimum absolute atomic E-state index is 0.0234. The molecule has 5 rings (SSSR count). The van der Waals surface area contributed by atoms with Crippen LogP contribution in [0.25, 0.3) is 0 Å². The number of likely N-dealkylation sites (tertiary alicyclic amines) is 1. The van der Waals surface area contributed by atoms with Crippen molar-refractivity contribution < 1.29 is 14.1 Å². The van der Waals surface area contributed by atoms with E-state index in [4.69, 9.17) is 21.1 Å². The van der Waals surface area contributed by atoms with Gasteiger partial charge < -0.3 is 14.2 Å². The molecule has 2 aliphatic heterocycles. The van der Waals surface area contributed by atoms with E-state index in [1.54, 1.807) is 0 Å². The molecule has 1 N–H and O–H groups in total. The summed E-state index contributed by atoms with van der Waals surface area (Å²) in [7, 11) is -0.290. The highest BCUT2D eigenvalue weighted by atomic mass is 35.5.